The number of carbonyl (C=O) groups is 1. The van der Waals surface area contributed by atoms with Crippen molar-refractivity contribution in [3.63, 3.8) is 0 Å². The van der Waals surface area contributed by atoms with Crippen molar-refractivity contribution in [2.45, 2.75) is 6.04 Å². The molecular weight excluding hydrogens is 344 g/mol. The van der Waals surface area contributed by atoms with Crippen LogP contribution in [0.2, 0.25) is 5.02 Å². The molecule has 0 aliphatic carbocycles. The number of hydrogen-bond donors (Lipinski definition) is 1. The van der Waals surface area contributed by atoms with E-state index in [2.05, 4.69) is 11.4 Å². The second kappa shape index (κ2) is 8.27. The van der Waals surface area contributed by atoms with Gasteiger partial charge in [0.25, 0.3) is 5.91 Å². The number of ether oxygens (including phenoxy) is 3. The molecule has 0 spiro atoms. The molecule has 2 rings (SSSR count). The zero-order valence-corrected chi connectivity index (χ0v) is 14.8. The van der Waals surface area contributed by atoms with Crippen LogP contribution in [0.5, 0.6) is 17.2 Å². The Hall–Kier alpha value is -2.91. The van der Waals surface area contributed by atoms with Crippen LogP contribution in [0, 0.1) is 11.3 Å². The first-order valence-corrected chi connectivity index (χ1v) is 7.67. The molecule has 0 bridgehead atoms. The van der Waals surface area contributed by atoms with Gasteiger partial charge in [-0.25, -0.2) is 0 Å². The predicted molar refractivity (Wildman–Crippen MR) is 93.4 cm³/mol. The first-order valence-electron chi connectivity index (χ1n) is 7.30. The minimum atomic E-state index is -0.903. The predicted octanol–water partition coefficient (Wildman–Crippen LogP) is 3.36. The molecule has 1 amide bonds. The average molecular weight is 361 g/mol. The van der Waals surface area contributed by atoms with Crippen LogP contribution in [0.15, 0.2) is 36.4 Å². The van der Waals surface area contributed by atoms with E-state index in [-0.39, 0.29) is 0 Å². The van der Waals surface area contributed by atoms with Gasteiger partial charge in [-0.3, -0.25) is 4.79 Å². The molecule has 130 valence electrons. The van der Waals surface area contributed by atoms with Crippen molar-refractivity contribution < 1.29 is 19.0 Å². The van der Waals surface area contributed by atoms with Crippen molar-refractivity contribution in [2.75, 3.05) is 21.3 Å². The molecule has 0 radical (unpaired) electrons. The van der Waals surface area contributed by atoms with Gasteiger partial charge in [0, 0.05) is 10.6 Å². The number of halogens is 1. The standard InChI is InChI=1S/C18H17ClN2O4/c1-23-15-8-12(9-16(24-2)17(15)25-3)14(10-20)21-18(22)11-5-4-6-13(19)7-11/h4-9,14H,1-3H3,(H,21,22). The highest BCUT2D eigenvalue weighted by Gasteiger charge is 2.20. The van der Waals surface area contributed by atoms with Crippen LogP contribution in [0.4, 0.5) is 0 Å². The summed E-state index contributed by atoms with van der Waals surface area (Å²) in [5, 5.41) is 12.6. The van der Waals surface area contributed by atoms with E-state index in [9.17, 15) is 10.1 Å². The van der Waals surface area contributed by atoms with Crippen LogP contribution in [-0.4, -0.2) is 27.2 Å². The van der Waals surface area contributed by atoms with Gasteiger partial charge in [-0.1, -0.05) is 17.7 Å². The summed E-state index contributed by atoms with van der Waals surface area (Å²) in [7, 11) is 4.45. The molecule has 0 aliphatic rings. The van der Waals surface area contributed by atoms with E-state index in [4.69, 9.17) is 25.8 Å². The number of nitrogens with one attached hydrogen (secondary N) is 1. The lowest BCUT2D eigenvalue weighted by Crippen LogP contribution is -2.27. The van der Waals surface area contributed by atoms with Gasteiger partial charge in [0.05, 0.1) is 27.4 Å². The highest BCUT2D eigenvalue weighted by molar-refractivity contribution is 6.30. The monoisotopic (exact) mass is 360 g/mol. The van der Waals surface area contributed by atoms with Crippen LogP contribution < -0.4 is 19.5 Å². The number of methoxy groups -OCH3 is 3. The summed E-state index contributed by atoms with van der Waals surface area (Å²) in [6.07, 6.45) is 0. The van der Waals surface area contributed by atoms with Crippen molar-refractivity contribution in [3.8, 4) is 23.3 Å². The minimum absolute atomic E-state index is 0.361. The molecule has 6 nitrogen and oxygen atoms in total. The molecule has 1 unspecified atom stereocenters. The fourth-order valence-electron chi connectivity index (χ4n) is 2.30. The lowest BCUT2D eigenvalue weighted by Gasteiger charge is -2.17. The molecule has 1 atom stereocenters. The third-order valence-electron chi connectivity index (χ3n) is 3.51. The molecule has 0 aliphatic heterocycles. The van der Waals surface area contributed by atoms with Gasteiger partial charge < -0.3 is 19.5 Å². The maximum absolute atomic E-state index is 12.4. The van der Waals surface area contributed by atoms with Crippen molar-refractivity contribution >= 4 is 17.5 Å². The van der Waals surface area contributed by atoms with E-state index in [0.717, 1.165) is 0 Å². The molecule has 0 aromatic heterocycles. The van der Waals surface area contributed by atoms with E-state index in [1.807, 2.05) is 0 Å². The minimum Gasteiger partial charge on any atom is -0.493 e. The van der Waals surface area contributed by atoms with E-state index >= 15 is 0 Å². The van der Waals surface area contributed by atoms with E-state index < -0.39 is 11.9 Å². The largest absolute Gasteiger partial charge is 0.493 e. The summed E-state index contributed by atoms with van der Waals surface area (Å²) in [6, 6.07) is 10.9. The molecular formula is C18H17ClN2O4. The Balaban J connectivity index is 2.34. The maximum atomic E-state index is 12.4. The Labute approximate surface area is 150 Å². The summed E-state index contributed by atoms with van der Waals surface area (Å²) in [5.74, 6) is 0.789. The van der Waals surface area contributed by atoms with Crippen molar-refractivity contribution in [1.29, 1.82) is 5.26 Å². The number of carbonyl (C=O) groups excluding carboxylic acids is 1. The van der Waals surface area contributed by atoms with Gasteiger partial charge in [0.2, 0.25) is 5.75 Å². The maximum Gasteiger partial charge on any atom is 0.252 e. The average Bonchev–Trinajstić information content (AvgIpc) is 2.64. The molecule has 2 aromatic rings. The Kier molecular flexibility index (Phi) is 6.09. The fourth-order valence-corrected chi connectivity index (χ4v) is 2.49. The first kappa shape index (κ1) is 18.4. The number of amides is 1. The zero-order valence-electron chi connectivity index (χ0n) is 14.0. The van der Waals surface area contributed by atoms with Crippen LogP contribution >= 0.6 is 11.6 Å². The Morgan fingerprint density at radius 2 is 1.76 bits per heavy atom. The summed E-state index contributed by atoms with van der Waals surface area (Å²) in [4.78, 5) is 12.4. The molecule has 0 saturated heterocycles. The smallest absolute Gasteiger partial charge is 0.252 e. The van der Waals surface area contributed by atoms with Gasteiger partial charge >= 0.3 is 0 Å². The summed E-state index contributed by atoms with van der Waals surface area (Å²) >= 11 is 5.90. The third-order valence-corrected chi connectivity index (χ3v) is 3.75. The van der Waals surface area contributed by atoms with E-state index in [1.165, 1.54) is 27.4 Å². The SMILES string of the molecule is COc1cc(C(C#N)NC(=O)c2cccc(Cl)c2)cc(OC)c1OC. The molecule has 7 heteroatoms. The molecule has 0 fully saturated rings. The van der Waals surface area contributed by atoms with Crippen molar-refractivity contribution in [2.24, 2.45) is 0 Å². The first-order chi connectivity index (χ1) is 12.0. The third kappa shape index (κ3) is 4.14. The highest BCUT2D eigenvalue weighted by Crippen LogP contribution is 2.39. The molecule has 0 saturated carbocycles. The van der Waals surface area contributed by atoms with Crippen molar-refractivity contribution in [1.82, 2.24) is 5.32 Å². The van der Waals surface area contributed by atoms with Crippen LogP contribution in [-0.2, 0) is 0 Å². The summed E-state index contributed by atoms with van der Waals surface area (Å²) in [5.41, 5.74) is 0.868. The van der Waals surface area contributed by atoms with Gasteiger partial charge in [0.15, 0.2) is 11.5 Å². The van der Waals surface area contributed by atoms with E-state index in [0.29, 0.717) is 33.4 Å². The quantitative estimate of drug-likeness (QED) is 0.854. The number of rotatable bonds is 6. The normalized spacial score (nSPS) is 11.2. The van der Waals surface area contributed by atoms with Gasteiger partial charge in [-0.05, 0) is 35.9 Å². The Bertz CT molecular complexity index is 792. The van der Waals surface area contributed by atoms with Crippen molar-refractivity contribution in [3.05, 3.63) is 52.5 Å². The topological polar surface area (TPSA) is 80.6 Å². The van der Waals surface area contributed by atoms with Gasteiger partial charge in [-0.15, -0.1) is 0 Å². The number of nitrogens with zero attached hydrogens (tertiary/aromatic N) is 1. The second-order valence-corrected chi connectivity index (χ2v) is 5.44. The second-order valence-electron chi connectivity index (χ2n) is 5.00. The Morgan fingerprint density at radius 3 is 2.24 bits per heavy atom. The molecule has 25 heavy (non-hydrogen) atoms. The van der Waals surface area contributed by atoms with Crippen LogP contribution in [0.25, 0.3) is 0 Å². The summed E-state index contributed by atoms with van der Waals surface area (Å²) in [6.45, 7) is 0. The lowest BCUT2D eigenvalue weighted by molar-refractivity contribution is 0.0945. The van der Waals surface area contributed by atoms with Gasteiger partial charge in [-0.2, -0.15) is 5.26 Å². The van der Waals surface area contributed by atoms with Crippen LogP contribution in [0.1, 0.15) is 22.0 Å². The number of hydrogen-bond acceptors (Lipinski definition) is 5. The molecule has 2 aromatic carbocycles. The lowest BCUT2D eigenvalue weighted by atomic mass is 10.1. The summed E-state index contributed by atoms with van der Waals surface area (Å²) < 4.78 is 15.8. The Morgan fingerprint density at radius 1 is 1.12 bits per heavy atom. The number of nitriles is 1. The molecule has 0 heterocycles. The molecule has 1 N–H and O–H groups in total. The fraction of sp³-hybridized carbons (Fsp3) is 0.222. The van der Waals surface area contributed by atoms with Crippen LogP contribution in [0.3, 0.4) is 0 Å². The van der Waals surface area contributed by atoms with E-state index in [1.54, 1.807) is 30.3 Å². The zero-order chi connectivity index (χ0) is 18.4. The van der Waals surface area contributed by atoms with Gasteiger partial charge in [0.1, 0.15) is 6.04 Å². The number of benzene rings is 2. The highest BCUT2D eigenvalue weighted by atomic mass is 35.5.